The fourth-order valence-corrected chi connectivity index (χ4v) is 4.53. The lowest BCUT2D eigenvalue weighted by Gasteiger charge is -2.42. The van der Waals surface area contributed by atoms with Gasteiger partial charge in [-0.2, -0.15) is 0 Å². The molecular formula is C19H32N4O3S. The summed E-state index contributed by atoms with van der Waals surface area (Å²) in [5.74, 6) is -0.424. The van der Waals surface area contributed by atoms with E-state index in [1.807, 2.05) is 32.7 Å². The van der Waals surface area contributed by atoms with Crippen molar-refractivity contribution in [2.75, 3.05) is 20.1 Å². The van der Waals surface area contributed by atoms with Crippen molar-refractivity contribution >= 4 is 23.3 Å². The SMILES string of the molecule is CCN(CC(=O)O)C1CC(NC(=O)N(C)C(C)c2sc(C(C)C)nc2C)C1. The first-order valence-corrected chi connectivity index (χ1v) is 10.4. The molecule has 152 valence electrons. The van der Waals surface area contributed by atoms with Gasteiger partial charge in [0.15, 0.2) is 0 Å². The summed E-state index contributed by atoms with van der Waals surface area (Å²) in [7, 11) is 1.81. The van der Waals surface area contributed by atoms with E-state index in [2.05, 4.69) is 24.1 Å². The molecule has 0 aliphatic heterocycles. The van der Waals surface area contributed by atoms with Crippen LogP contribution in [0.3, 0.4) is 0 Å². The molecular weight excluding hydrogens is 364 g/mol. The Hall–Kier alpha value is -1.67. The number of amides is 2. The van der Waals surface area contributed by atoms with Crippen LogP contribution in [0.5, 0.6) is 0 Å². The molecule has 0 bridgehead atoms. The fraction of sp³-hybridized carbons (Fsp3) is 0.737. The Morgan fingerprint density at radius 2 is 1.96 bits per heavy atom. The summed E-state index contributed by atoms with van der Waals surface area (Å²) >= 11 is 1.68. The highest BCUT2D eigenvalue weighted by Gasteiger charge is 2.35. The fourth-order valence-electron chi connectivity index (χ4n) is 3.37. The topological polar surface area (TPSA) is 85.8 Å². The number of carboxylic acid groups (broad SMARTS) is 1. The second-order valence-electron chi connectivity index (χ2n) is 7.67. The average Bonchev–Trinajstić information content (AvgIpc) is 2.96. The molecule has 8 heteroatoms. The Kier molecular flexibility index (Phi) is 7.22. The predicted octanol–water partition coefficient (Wildman–Crippen LogP) is 3.21. The number of urea groups is 1. The number of aromatic nitrogens is 1. The number of hydrogen-bond donors (Lipinski definition) is 2. The minimum atomic E-state index is -0.807. The molecule has 0 saturated heterocycles. The van der Waals surface area contributed by atoms with E-state index < -0.39 is 5.97 Å². The highest BCUT2D eigenvalue weighted by atomic mass is 32.1. The van der Waals surface area contributed by atoms with Crippen molar-refractivity contribution < 1.29 is 14.7 Å². The maximum atomic E-state index is 12.6. The minimum Gasteiger partial charge on any atom is -0.480 e. The van der Waals surface area contributed by atoms with Crippen LogP contribution in [0.15, 0.2) is 0 Å². The summed E-state index contributed by atoms with van der Waals surface area (Å²) in [6.45, 7) is 11.0. The number of nitrogens with one attached hydrogen (secondary N) is 1. The molecule has 1 aromatic rings. The number of rotatable bonds is 8. The van der Waals surface area contributed by atoms with Crippen LogP contribution in [0, 0.1) is 6.92 Å². The molecule has 1 fully saturated rings. The van der Waals surface area contributed by atoms with Gasteiger partial charge < -0.3 is 15.3 Å². The minimum absolute atomic E-state index is 0.0370. The predicted molar refractivity (Wildman–Crippen MR) is 107 cm³/mol. The summed E-state index contributed by atoms with van der Waals surface area (Å²) < 4.78 is 0. The average molecular weight is 397 g/mol. The zero-order chi connectivity index (χ0) is 20.3. The lowest BCUT2D eigenvalue weighted by Crippen LogP contribution is -2.56. The third kappa shape index (κ3) is 5.19. The zero-order valence-corrected chi connectivity index (χ0v) is 18.0. The third-order valence-electron chi connectivity index (χ3n) is 5.33. The first-order valence-electron chi connectivity index (χ1n) is 9.60. The number of carbonyl (C=O) groups excluding carboxylic acids is 1. The second kappa shape index (κ2) is 9.01. The molecule has 1 aliphatic rings. The van der Waals surface area contributed by atoms with Crippen LogP contribution in [0.25, 0.3) is 0 Å². The van der Waals surface area contributed by atoms with E-state index in [9.17, 15) is 9.59 Å². The van der Waals surface area contributed by atoms with Crippen molar-refractivity contribution in [3.8, 4) is 0 Å². The lowest BCUT2D eigenvalue weighted by atomic mass is 9.85. The van der Waals surface area contributed by atoms with Gasteiger partial charge in [-0.15, -0.1) is 11.3 Å². The number of nitrogens with zero attached hydrogens (tertiary/aromatic N) is 3. The summed E-state index contributed by atoms with van der Waals surface area (Å²) in [5, 5.41) is 13.1. The number of carbonyl (C=O) groups is 2. The highest BCUT2D eigenvalue weighted by Crippen LogP contribution is 2.32. The molecule has 0 radical (unpaired) electrons. The van der Waals surface area contributed by atoms with Gasteiger partial charge in [0.1, 0.15) is 0 Å². The van der Waals surface area contributed by atoms with Crippen LogP contribution in [0.4, 0.5) is 4.79 Å². The Bertz CT molecular complexity index is 670. The first kappa shape index (κ1) is 21.6. The Balaban J connectivity index is 1.88. The van der Waals surface area contributed by atoms with E-state index in [-0.39, 0.29) is 30.7 Å². The smallest absolute Gasteiger partial charge is 0.317 e. The summed E-state index contributed by atoms with van der Waals surface area (Å²) in [5.41, 5.74) is 0.992. The van der Waals surface area contributed by atoms with Gasteiger partial charge in [0.2, 0.25) is 0 Å². The maximum Gasteiger partial charge on any atom is 0.317 e. The highest BCUT2D eigenvalue weighted by molar-refractivity contribution is 7.11. The molecule has 1 aromatic heterocycles. The first-order chi connectivity index (χ1) is 12.6. The molecule has 0 aromatic carbocycles. The summed E-state index contributed by atoms with van der Waals surface area (Å²) in [4.78, 5) is 33.0. The largest absolute Gasteiger partial charge is 0.480 e. The van der Waals surface area contributed by atoms with Crippen molar-refractivity contribution in [2.45, 2.75) is 71.5 Å². The molecule has 2 rings (SSSR count). The van der Waals surface area contributed by atoms with Gasteiger partial charge in [-0.3, -0.25) is 9.69 Å². The number of thiazole rings is 1. The van der Waals surface area contributed by atoms with Crippen LogP contribution in [0.1, 0.15) is 68.1 Å². The molecule has 7 nitrogen and oxygen atoms in total. The Labute approximate surface area is 165 Å². The molecule has 1 saturated carbocycles. The normalized spacial score (nSPS) is 20.4. The van der Waals surface area contributed by atoms with Crippen LogP contribution in [-0.2, 0) is 4.79 Å². The quantitative estimate of drug-likeness (QED) is 0.705. The van der Waals surface area contributed by atoms with Crippen molar-refractivity contribution in [1.82, 2.24) is 20.1 Å². The maximum absolute atomic E-state index is 12.6. The van der Waals surface area contributed by atoms with Gasteiger partial charge in [0.05, 0.1) is 23.3 Å². The molecule has 2 N–H and O–H groups in total. The van der Waals surface area contributed by atoms with Crippen LogP contribution in [0.2, 0.25) is 0 Å². The molecule has 1 unspecified atom stereocenters. The van der Waals surface area contributed by atoms with Gasteiger partial charge in [-0.25, -0.2) is 9.78 Å². The number of hydrogen-bond acceptors (Lipinski definition) is 5. The third-order valence-corrected chi connectivity index (χ3v) is 6.95. The molecule has 1 atom stereocenters. The summed E-state index contributed by atoms with van der Waals surface area (Å²) in [6.07, 6.45) is 1.60. The van der Waals surface area contributed by atoms with E-state index in [1.54, 1.807) is 16.2 Å². The number of aryl methyl sites for hydroxylation is 1. The standard InChI is InChI=1S/C19H32N4O3S/c1-7-23(10-16(24)25)15-8-14(9-15)21-19(26)22(6)13(5)17-12(4)20-18(27-17)11(2)3/h11,13-15H,7-10H2,1-6H3,(H,21,26)(H,24,25). The van der Waals surface area contributed by atoms with Gasteiger partial charge in [0, 0.05) is 29.9 Å². The lowest BCUT2D eigenvalue weighted by molar-refractivity contribution is -0.139. The van der Waals surface area contributed by atoms with Gasteiger partial charge in [-0.1, -0.05) is 20.8 Å². The van der Waals surface area contributed by atoms with Crippen LogP contribution in [-0.4, -0.2) is 64.1 Å². The van der Waals surface area contributed by atoms with E-state index in [0.29, 0.717) is 12.5 Å². The molecule has 2 amide bonds. The number of likely N-dealkylation sites (N-methyl/N-ethyl adjacent to an activating group) is 1. The Morgan fingerprint density at radius 1 is 1.33 bits per heavy atom. The second-order valence-corrected chi connectivity index (χ2v) is 8.73. The summed E-state index contributed by atoms with van der Waals surface area (Å²) in [6, 6.07) is 0.210. The number of carboxylic acids is 1. The van der Waals surface area contributed by atoms with Crippen molar-refractivity contribution in [3.05, 3.63) is 15.6 Å². The van der Waals surface area contributed by atoms with E-state index in [1.165, 1.54) is 0 Å². The monoisotopic (exact) mass is 396 g/mol. The van der Waals surface area contributed by atoms with Crippen LogP contribution < -0.4 is 5.32 Å². The Morgan fingerprint density at radius 3 is 2.44 bits per heavy atom. The van der Waals surface area contributed by atoms with Crippen molar-refractivity contribution in [3.63, 3.8) is 0 Å². The van der Waals surface area contributed by atoms with Crippen LogP contribution >= 0.6 is 11.3 Å². The molecule has 1 heterocycles. The van der Waals surface area contributed by atoms with Gasteiger partial charge in [-0.05, 0) is 33.2 Å². The van der Waals surface area contributed by atoms with E-state index in [0.717, 1.165) is 28.4 Å². The zero-order valence-electron chi connectivity index (χ0n) is 17.2. The van der Waals surface area contributed by atoms with Crippen molar-refractivity contribution in [1.29, 1.82) is 0 Å². The van der Waals surface area contributed by atoms with E-state index in [4.69, 9.17) is 5.11 Å². The molecule has 1 aliphatic carbocycles. The van der Waals surface area contributed by atoms with Gasteiger partial charge >= 0.3 is 12.0 Å². The van der Waals surface area contributed by atoms with E-state index >= 15 is 0 Å². The number of aliphatic carboxylic acids is 1. The van der Waals surface area contributed by atoms with Crippen molar-refractivity contribution in [2.24, 2.45) is 0 Å². The molecule has 27 heavy (non-hydrogen) atoms. The van der Waals surface area contributed by atoms with Gasteiger partial charge in [0.25, 0.3) is 0 Å². The molecule has 0 spiro atoms.